The first-order valence-corrected chi connectivity index (χ1v) is 7.09. The lowest BCUT2D eigenvalue weighted by atomic mass is 9.98. The quantitative estimate of drug-likeness (QED) is 0.865. The molecule has 0 amide bonds. The normalized spacial score (nSPS) is 12.3. The smallest absolute Gasteiger partial charge is 0.126 e. The highest BCUT2D eigenvalue weighted by molar-refractivity contribution is 5.28. The van der Waals surface area contributed by atoms with Crippen molar-refractivity contribution < 1.29 is 4.39 Å². The summed E-state index contributed by atoms with van der Waals surface area (Å²) in [6.07, 6.45) is 5.57. The zero-order chi connectivity index (χ0) is 14.4. The van der Waals surface area contributed by atoms with Gasteiger partial charge in [0.15, 0.2) is 0 Å². The van der Waals surface area contributed by atoms with E-state index in [0.717, 1.165) is 24.9 Å². The number of nitrogens with zero attached hydrogens (tertiary/aromatic N) is 1. The fourth-order valence-electron chi connectivity index (χ4n) is 2.27. The third kappa shape index (κ3) is 3.87. The van der Waals surface area contributed by atoms with Gasteiger partial charge in [0, 0.05) is 18.4 Å². The van der Waals surface area contributed by atoms with Gasteiger partial charge in [-0.05, 0) is 61.2 Å². The van der Waals surface area contributed by atoms with E-state index < -0.39 is 0 Å². The van der Waals surface area contributed by atoms with Crippen LogP contribution in [0.15, 0.2) is 42.7 Å². The molecule has 1 heterocycles. The van der Waals surface area contributed by atoms with Crippen molar-refractivity contribution in [3.05, 3.63) is 65.2 Å². The van der Waals surface area contributed by atoms with Gasteiger partial charge in [-0.3, -0.25) is 4.98 Å². The van der Waals surface area contributed by atoms with Gasteiger partial charge < -0.3 is 5.32 Å². The largest absolute Gasteiger partial charge is 0.310 e. The molecule has 2 rings (SSSR count). The maximum absolute atomic E-state index is 13.4. The Hall–Kier alpha value is -1.74. The fourth-order valence-corrected chi connectivity index (χ4v) is 2.27. The molecule has 0 aliphatic rings. The number of pyridine rings is 1. The summed E-state index contributed by atoms with van der Waals surface area (Å²) in [5.41, 5.74) is 3.06. The van der Waals surface area contributed by atoms with E-state index in [1.54, 1.807) is 6.07 Å². The Labute approximate surface area is 120 Å². The molecular weight excluding hydrogens is 251 g/mol. The Morgan fingerprint density at radius 1 is 1.20 bits per heavy atom. The third-order valence-corrected chi connectivity index (χ3v) is 3.41. The van der Waals surface area contributed by atoms with Gasteiger partial charge >= 0.3 is 0 Å². The number of aromatic nitrogens is 1. The summed E-state index contributed by atoms with van der Waals surface area (Å²) in [4.78, 5) is 4.04. The van der Waals surface area contributed by atoms with Crippen LogP contribution in [0.4, 0.5) is 4.39 Å². The van der Waals surface area contributed by atoms with Crippen LogP contribution < -0.4 is 5.32 Å². The van der Waals surface area contributed by atoms with Crippen LogP contribution in [0.3, 0.4) is 0 Å². The van der Waals surface area contributed by atoms with Crippen molar-refractivity contribution in [2.75, 3.05) is 6.54 Å². The van der Waals surface area contributed by atoms with Crippen LogP contribution in [0.1, 0.15) is 36.1 Å². The van der Waals surface area contributed by atoms with Crippen LogP contribution in [0, 0.1) is 12.7 Å². The molecule has 0 spiro atoms. The van der Waals surface area contributed by atoms with Crippen molar-refractivity contribution in [3.8, 4) is 0 Å². The molecule has 1 N–H and O–H groups in total. The zero-order valence-electron chi connectivity index (χ0n) is 12.1. The molecule has 0 saturated heterocycles. The number of rotatable bonds is 6. The number of halogens is 1. The van der Waals surface area contributed by atoms with Gasteiger partial charge in [0.2, 0.25) is 0 Å². The molecule has 1 aromatic carbocycles. The molecule has 0 fully saturated rings. The maximum atomic E-state index is 13.4. The third-order valence-electron chi connectivity index (χ3n) is 3.41. The van der Waals surface area contributed by atoms with Gasteiger partial charge in [0.1, 0.15) is 5.82 Å². The minimum Gasteiger partial charge on any atom is -0.310 e. The van der Waals surface area contributed by atoms with Gasteiger partial charge in [-0.25, -0.2) is 4.39 Å². The lowest BCUT2D eigenvalue weighted by molar-refractivity contribution is 0.526. The van der Waals surface area contributed by atoms with Gasteiger partial charge in [-0.2, -0.15) is 0 Å². The van der Waals surface area contributed by atoms with Crippen molar-refractivity contribution in [2.24, 2.45) is 0 Å². The molecular formula is C17H21FN2. The number of benzene rings is 1. The summed E-state index contributed by atoms with van der Waals surface area (Å²) in [6, 6.07) is 9.61. The molecule has 3 heteroatoms. The van der Waals surface area contributed by atoms with Crippen molar-refractivity contribution in [3.63, 3.8) is 0 Å². The Morgan fingerprint density at radius 2 is 1.95 bits per heavy atom. The summed E-state index contributed by atoms with van der Waals surface area (Å²) >= 11 is 0. The Bertz CT molecular complexity index is 540. The molecule has 106 valence electrons. The molecule has 20 heavy (non-hydrogen) atoms. The average Bonchev–Trinajstić information content (AvgIpc) is 2.47. The maximum Gasteiger partial charge on any atom is 0.126 e. The molecule has 2 aromatic rings. The van der Waals surface area contributed by atoms with Crippen LogP contribution in [-0.4, -0.2) is 11.5 Å². The summed E-state index contributed by atoms with van der Waals surface area (Å²) in [5, 5.41) is 3.54. The van der Waals surface area contributed by atoms with Crippen LogP contribution >= 0.6 is 0 Å². The van der Waals surface area contributed by atoms with Crippen molar-refractivity contribution >= 4 is 0 Å². The first-order valence-electron chi connectivity index (χ1n) is 7.09. The topological polar surface area (TPSA) is 24.9 Å². The van der Waals surface area contributed by atoms with Crippen molar-refractivity contribution in [1.29, 1.82) is 0 Å². The van der Waals surface area contributed by atoms with Gasteiger partial charge in [0.25, 0.3) is 0 Å². The first-order chi connectivity index (χ1) is 9.70. The first kappa shape index (κ1) is 14.7. The van der Waals surface area contributed by atoms with E-state index in [4.69, 9.17) is 0 Å². The zero-order valence-corrected chi connectivity index (χ0v) is 12.1. The predicted molar refractivity (Wildman–Crippen MR) is 80.1 cm³/mol. The van der Waals surface area contributed by atoms with Gasteiger partial charge in [0.05, 0.1) is 0 Å². The highest BCUT2D eigenvalue weighted by atomic mass is 19.1. The minimum absolute atomic E-state index is 0.146. The van der Waals surface area contributed by atoms with E-state index in [2.05, 4.69) is 17.2 Å². The highest BCUT2D eigenvalue weighted by Gasteiger charge is 2.12. The molecule has 0 radical (unpaired) electrons. The average molecular weight is 272 g/mol. The monoisotopic (exact) mass is 272 g/mol. The second-order valence-corrected chi connectivity index (χ2v) is 5.07. The Kier molecular flexibility index (Phi) is 5.24. The van der Waals surface area contributed by atoms with Gasteiger partial charge in [-0.1, -0.05) is 19.1 Å². The summed E-state index contributed by atoms with van der Waals surface area (Å²) in [5.74, 6) is -0.146. The van der Waals surface area contributed by atoms with E-state index in [-0.39, 0.29) is 11.9 Å². The van der Waals surface area contributed by atoms with E-state index in [1.165, 1.54) is 5.56 Å². The van der Waals surface area contributed by atoms with E-state index in [9.17, 15) is 4.39 Å². The van der Waals surface area contributed by atoms with Crippen molar-refractivity contribution in [2.45, 2.75) is 32.7 Å². The molecule has 0 saturated carbocycles. The Balaban J connectivity index is 2.20. The SMILES string of the molecule is CCCNC(Cc1ccncc1)c1ccc(F)c(C)c1. The van der Waals surface area contributed by atoms with Crippen LogP contribution in [-0.2, 0) is 6.42 Å². The van der Waals surface area contributed by atoms with Crippen LogP contribution in [0.5, 0.6) is 0 Å². The summed E-state index contributed by atoms with van der Waals surface area (Å²) in [6.45, 7) is 4.90. The van der Waals surface area contributed by atoms with E-state index >= 15 is 0 Å². The minimum atomic E-state index is -0.146. The number of aryl methyl sites for hydroxylation is 1. The number of nitrogens with one attached hydrogen (secondary N) is 1. The van der Waals surface area contributed by atoms with Crippen molar-refractivity contribution in [1.82, 2.24) is 10.3 Å². The molecule has 1 aromatic heterocycles. The summed E-state index contributed by atoms with van der Waals surface area (Å²) < 4.78 is 13.4. The molecule has 0 aliphatic heterocycles. The number of hydrogen-bond donors (Lipinski definition) is 1. The molecule has 1 unspecified atom stereocenters. The van der Waals surface area contributed by atoms with E-state index in [1.807, 2.05) is 43.6 Å². The molecule has 0 bridgehead atoms. The van der Waals surface area contributed by atoms with Crippen LogP contribution in [0.2, 0.25) is 0 Å². The second-order valence-electron chi connectivity index (χ2n) is 5.07. The standard InChI is InChI=1S/C17H21FN2/c1-3-8-20-17(12-14-6-9-19-10-7-14)15-4-5-16(18)13(2)11-15/h4-7,9-11,17,20H,3,8,12H2,1-2H3. The fraction of sp³-hybridized carbons (Fsp3) is 0.353. The molecule has 1 atom stereocenters. The highest BCUT2D eigenvalue weighted by Crippen LogP contribution is 2.20. The second kappa shape index (κ2) is 7.15. The molecule has 0 aliphatic carbocycles. The van der Waals surface area contributed by atoms with Gasteiger partial charge in [-0.15, -0.1) is 0 Å². The number of hydrogen-bond acceptors (Lipinski definition) is 2. The summed E-state index contributed by atoms with van der Waals surface area (Å²) in [7, 11) is 0. The lowest BCUT2D eigenvalue weighted by Crippen LogP contribution is -2.24. The Morgan fingerprint density at radius 3 is 2.60 bits per heavy atom. The lowest BCUT2D eigenvalue weighted by Gasteiger charge is -2.20. The van der Waals surface area contributed by atoms with E-state index in [0.29, 0.717) is 5.56 Å². The molecule has 2 nitrogen and oxygen atoms in total. The predicted octanol–water partition coefficient (Wildman–Crippen LogP) is 3.81. The van der Waals surface area contributed by atoms with Crippen LogP contribution in [0.25, 0.3) is 0 Å².